The summed E-state index contributed by atoms with van der Waals surface area (Å²) in [7, 11) is 1.45. The van der Waals surface area contributed by atoms with Crippen LogP contribution in [0.15, 0.2) is 11.2 Å². The van der Waals surface area contributed by atoms with Crippen molar-refractivity contribution in [2.45, 2.75) is 20.4 Å². The van der Waals surface area contributed by atoms with Gasteiger partial charge in [-0.15, -0.1) is 0 Å². The van der Waals surface area contributed by atoms with Crippen molar-refractivity contribution in [2.24, 2.45) is 12.1 Å². The Morgan fingerprint density at radius 3 is 2.74 bits per heavy atom. The third-order valence-electron chi connectivity index (χ3n) is 3.03. The van der Waals surface area contributed by atoms with Gasteiger partial charge < -0.3 is 10.1 Å². The molecule has 0 aromatic carbocycles. The molecule has 0 spiro atoms. The lowest BCUT2D eigenvalue weighted by molar-refractivity contribution is -0.389. The number of nitro groups is 1. The zero-order chi connectivity index (χ0) is 17.1. The summed E-state index contributed by atoms with van der Waals surface area (Å²) in [5, 5.41) is 21.8. The molecule has 11 heteroatoms. The van der Waals surface area contributed by atoms with E-state index in [2.05, 4.69) is 20.7 Å². The number of nitrogens with zero attached hydrogens (tertiary/aromatic N) is 6. The first-order valence-electron chi connectivity index (χ1n) is 6.49. The van der Waals surface area contributed by atoms with E-state index in [4.69, 9.17) is 0 Å². The second-order valence-electron chi connectivity index (χ2n) is 4.77. The topological polar surface area (TPSA) is 120 Å². The molecular formula is C12H14FN7O3. The van der Waals surface area contributed by atoms with Crippen molar-refractivity contribution in [2.75, 3.05) is 0 Å². The Kier molecular flexibility index (Phi) is 4.48. The van der Waals surface area contributed by atoms with E-state index in [1.165, 1.54) is 17.8 Å². The molecular weight excluding hydrogens is 309 g/mol. The summed E-state index contributed by atoms with van der Waals surface area (Å²) in [4.78, 5) is 21.7. The number of aromatic nitrogens is 4. The molecule has 0 fully saturated rings. The Morgan fingerprint density at radius 2 is 2.22 bits per heavy atom. The minimum Gasteiger partial charge on any atom is -0.358 e. The molecule has 0 atom stereocenters. The zero-order valence-corrected chi connectivity index (χ0v) is 12.6. The monoisotopic (exact) mass is 323 g/mol. The van der Waals surface area contributed by atoms with E-state index in [0.29, 0.717) is 11.4 Å². The number of hydrogen-bond acceptors (Lipinski definition) is 6. The van der Waals surface area contributed by atoms with Gasteiger partial charge in [0.2, 0.25) is 5.95 Å². The van der Waals surface area contributed by atoms with Crippen LogP contribution in [0.5, 0.6) is 0 Å². The third kappa shape index (κ3) is 3.56. The number of nitrogens with one attached hydrogen (secondary N) is 1. The Bertz CT molecular complexity index is 793. The molecule has 2 rings (SSSR count). The predicted octanol–water partition coefficient (Wildman–Crippen LogP) is 0.431. The van der Waals surface area contributed by atoms with E-state index < -0.39 is 16.8 Å². The van der Waals surface area contributed by atoms with E-state index in [-0.39, 0.29) is 17.9 Å². The van der Waals surface area contributed by atoms with Crippen molar-refractivity contribution in [3.8, 4) is 0 Å². The highest BCUT2D eigenvalue weighted by atomic mass is 19.1. The predicted molar refractivity (Wildman–Crippen MR) is 77.3 cm³/mol. The molecule has 0 bridgehead atoms. The first-order valence-corrected chi connectivity index (χ1v) is 6.49. The van der Waals surface area contributed by atoms with Crippen LogP contribution in [0.3, 0.4) is 0 Å². The molecule has 2 heterocycles. The molecule has 0 unspecified atom stereocenters. The van der Waals surface area contributed by atoms with Gasteiger partial charge in [0.1, 0.15) is 6.54 Å². The number of carbonyl (C=O) groups is 1. The SMILES string of the molecule is Cc1nn(C)c(F)c1/C=N/NC(=O)Cn1nc([N+](=O)[O-])cc1C. The molecule has 1 N–H and O–H groups in total. The average Bonchev–Trinajstić information content (AvgIpc) is 2.94. The standard InChI is InChI=1S/C12H14FN7O3/c1-7-4-10(20(22)23)17-19(7)6-11(21)15-14-5-9-8(2)16-18(3)12(9)13/h4-5H,6H2,1-3H3,(H,15,21)/b14-5+. The van der Waals surface area contributed by atoms with Crippen LogP contribution in [0.25, 0.3) is 0 Å². The van der Waals surface area contributed by atoms with Gasteiger partial charge in [-0.2, -0.15) is 19.3 Å². The molecule has 10 nitrogen and oxygen atoms in total. The summed E-state index contributed by atoms with van der Waals surface area (Å²) in [6, 6.07) is 1.25. The lowest BCUT2D eigenvalue weighted by atomic mass is 10.3. The second-order valence-corrected chi connectivity index (χ2v) is 4.77. The van der Waals surface area contributed by atoms with Crippen LogP contribution in [-0.4, -0.2) is 36.6 Å². The summed E-state index contributed by atoms with van der Waals surface area (Å²) < 4.78 is 15.9. The maximum Gasteiger partial charge on any atom is 0.390 e. The maximum absolute atomic E-state index is 13.6. The van der Waals surface area contributed by atoms with Gasteiger partial charge in [0.25, 0.3) is 5.91 Å². The molecule has 0 aliphatic rings. The molecule has 0 saturated carbocycles. The Morgan fingerprint density at radius 1 is 1.52 bits per heavy atom. The summed E-state index contributed by atoms with van der Waals surface area (Å²) in [5.41, 5.74) is 3.27. The van der Waals surface area contributed by atoms with E-state index in [1.54, 1.807) is 13.8 Å². The first-order chi connectivity index (χ1) is 10.8. The van der Waals surface area contributed by atoms with Crippen molar-refractivity contribution in [3.63, 3.8) is 0 Å². The van der Waals surface area contributed by atoms with Gasteiger partial charge in [-0.25, -0.2) is 10.1 Å². The highest BCUT2D eigenvalue weighted by molar-refractivity contribution is 5.83. The number of aryl methyl sites for hydroxylation is 3. The molecule has 0 aliphatic carbocycles. The van der Waals surface area contributed by atoms with Crippen molar-refractivity contribution in [3.05, 3.63) is 39.1 Å². The van der Waals surface area contributed by atoms with E-state index >= 15 is 0 Å². The van der Waals surface area contributed by atoms with E-state index in [9.17, 15) is 19.3 Å². The number of hydrazone groups is 1. The lowest BCUT2D eigenvalue weighted by Crippen LogP contribution is -2.24. The number of hydrogen-bond donors (Lipinski definition) is 1. The van der Waals surface area contributed by atoms with Crippen LogP contribution in [-0.2, 0) is 18.4 Å². The molecule has 23 heavy (non-hydrogen) atoms. The number of amides is 1. The molecule has 1 amide bonds. The van der Waals surface area contributed by atoms with Gasteiger partial charge >= 0.3 is 5.82 Å². The minimum atomic E-state index is -0.645. The van der Waals surface area contributed by atoms with Crippen molar-refractivity contribution in [1.82, 2.24) is 25.0 Å². The number of carbonyl (C=O) groups excluding carboxylic acids is 1. The fourth-order valence-corrected chi connectivity index (χ4v) is 1.88. The Hall–Kier alpha value is -3.11. The molecule has 0 aliphatic heterocycles. The maximum atomic E-state index is 13.6. The Labute approximate surface area is 129 Å². The van der Waals surface area contributed by atoms with Crippen LogP contribution < -0.4 is 5.43 Å². The molecule has 122 valence electrons. The summed E-state index contributed by atoms with van der Waals surface area (Å²) in [6.45, 7) is 2.95. The summed E-state index contributed by atoms with van der Waals surface area (Å²) in [5.74, 6) is -1.46. The van der Waals surface area contributed by atoms with Crippen molar-refractivity contribution < 1.29 is 14.1 Å². The van der Waals surface area contributed by atoms with Crippen LogP contribution >= 0.6 is 0 Å². The number of halogens is 1. The fraction of sp³-hybridized carbons (Fsp3) is 0.333. The van der Waals surface area contributed by atoms with Crippen LogP contribution in [0, 0.1) is 29.9 Å². The van der Waals surface area contributed by atoms with E-state index in [1.807, 2.05) is 0 Å². The second kappa shape index (κ2) is 6.34. The van der Waals surface area contributed by atoms with Crippen molar-refractivity contribution >= 4 is 17.9 Å². The highest BCUT2D eigenvalue weighted by Gasteiger charge is 2.17. The molecule has 0 radical (unpaired) electrons. The number of rotatable bonds is 5. The van der Waals surface area contributed by atoms with Crippen molar-refractivity contribution in [1.29, 1.82) is 0 Å². The quantitative estimate of drug-likeness (QED) is 0.486. The van der Waals surface area contributed by atoms with E-state index in [0.717, 1.165) is 10.9 Å². The zero-order valence-electron chi connectivity index (χ0n) is 12.6. The lowest BCUT2D eigenvalue weighted by Gasteiger charge is -1.98. The minimum absolute atomic E-state index is 0.165. The van der Waals surface area contributed by atoms with Crippen LogP contribution in [0.2, 0.25) is 0 Å². The highest BCUT2D eigenvalue weighted by Crippen LogP contribution is 2.10. The normalized spacial score (nSPS) is 11.1. The average molecular weight is 323 g/mol. The van der Waals surface area contributed by atoms with Crippen LogP contribution in [0.4, 0.5) is 10.2 Å². The molecule has 2 aromatic rings. The summed E-state index contributed by atoms with van der Waals surface area (Å²) >= 11 is 0. The summed E-state index contributed by atoms with van der Waals surface area (Å²) in [6.07, 6.45) is 1.15. The van der Waals surface area contributed by atoms with Gasteiger partial charge in [-0.3, -0.25) is 4.79 Å². The van der Waals surface area contributed by atoms with Crippen LogP contribution in [0.1, 0.15) is 17.0 Å². The third-order valence-corrected chi connectivity index (χ3v) is 3.03. The fourth-order valence-electron chi connectivity index (χ4n) is 1.88. The first kappa shape index (κ1) is 16.3. The van der Waals surface area contributed by atoms with Gasteiger partial charge in [-0.05, 0) is 18.8 Å². The molecule has 0 saturated heterocycles. The Balaban J connectivity index is 2.00. The molecule has 2 aromatic heterocycles. The smallest absolute Gasteiger partial charge is 0.358 e. The van der Waals surface area contributed by atoms with Gasteiger partial charge in [0.05, 0.1) is 34.3 Å². The van der Waals surface area contributed by atoms with Gasteiger partial charge in [-0.1, -0.05) is 0 Å². The largest absolute Gasteiger partial charge is 0.390 e. The van der Waals surface area contributed by atoms with Gasteiger partial charge in [0, 0.05) is 7.05 Å². The van der Waals surface area contributed by atoms with Gasteiger partial charge in [0.15, 0.2) is 0 Å².